The number of nitrogens with zero attached hydrogens (tertiary/aromatic N) is 1. The van der Waals surface area contributed by atoms with Gasteiger partial charge in [0.2, 0.25) is 0 Å². The van der Waals surface area contributed by atoms with Crippen LogP contribution in [0.2, 0.25) is 0 Å². The fraction of sp³-hybridized carbons (Fsp3) is 0.250. The van der Waals surface area contributed by atoms with Crippen LogP contribution < -0.4 is 10.1 Å². The molecule has 1 saturated carbocycles. The molecule has 1 aliphatic carbocycles. The van der Waals surface area contributed by atoms with Crippen LogP contribution in [0, 0.1) is 17.5 Å². The lowest BCUT2D eigenvalue weighted by Crippen LogP contribution is -2.46. The predicted molar refractivity (Wildman–Crippen MR) is 99.6 cm³/mol. The first kappa shape index (κ1) is 19.5. The third-order valence-corrected chi connectivity index (χ3v) is 4.68. The van der Waals surface area contributed by atoms with E-state index in [0.717, 1.165) is 16.8 Å². The van der Waals surface area contributed by atoms with E-state index in [1.165, 1.54) is 18.2 Å². The Morgan fingerprint density at radius 1 is 1.04 bits per heavy atom. The highest BCUT2D eigenvalue weighted by Crippen LogP contribution is 2.28. The number of fused-ring (bicyclic) bond motifs is 1. The van der Waals surface area contributed by atoms with Crippen molar-refractivity contribution in [1.29, 1.82) is 0 Å². The molecule has 1 aliphatic rings. The molecule has 0 spiro atoms. The zero-order valence-corrected chi connectivity index (χ0v) is 15.1. The third kappa shape index (κ3) is 4.34. The van der Waals surface area contributed by atoms with Crippen LogP contribution in [0.1, 0.15) is 18.4 Å². The van der Waals surface area contributed by atoms with Crippen LogP contribution in [-0.2, 0) is 6.54 Å². The zero-order valence-electron chi connectivity index (χ0n) is 14.3. The Morgan fingerprint density at radius 2 is 1.78 bits per heavy atom. The second kappa shape index (κ2) is 8.15. The van der Waals surface area contributed by atoms with Gasteiger partial charge in [-0.2, -0.15) is 0 Å². The van der Waals surface area contributed by atoms with Crippen molar-refractivity contribution >= 4 is 23.2 Å². The molecule has 27 heavy (non-hydrogen) atoms. The van der Waals surface area contributed by atoms with E-state index in [1.807, 2.05) is 0 Å². The maximum absolute atomic E-state index is 14.2. The molecule has 1 N–H and O–H groups in total. The topological polar surface area (TPSA) is 34.1 Å². The minimum atomic E-state index is -0.657. The highest BCUT2D eigenvalue weighted by atomic mass is 35.5. The van der Waals surface area contributed by atoms with Crippen molar-refractivity contribution in [2.75, 3.05) is 0 Å². The van der Waals surface area contributed by atoms with Gasteiger partial charge in [-0.25, -0.2) is 13.2 Å². The SMILES string of the molecule is Cl.Fc1cc(F)cc(OC2CC(NCc3c(F)ccc4cnccc34)C2)c1. The Kier molecular flexibility index (Phi) is 5.87. The van der Waals surface area contributed by atoms with Gasteiger partial charge in [-0.1, -0.05) is 0 Å². The van der Waals surface area contributed by atoms with Crippen molar-refractivity contribution in [3.05, 3.63) is 71.8 Å². The molecule has 7 heteroatoms. The summed E-state index contributed by atoms with van der Waals surface area (Å²) in [5, 5.41) is 5.06. The fourth-order valence-electron chi connectivity index (χ4n) is 3.25. The van der Waals surface area contributed by atoms with Gasteiger partial charge in [0, 0.05) is 54.1 Å². The summed E-state index contributed by atoms with van der Waals surface area (Å²) in [6, 6.07) is 8.30. The number of aromatic nitrogens is 1. The maximum Gasteiger partial charge on any atom is 0.129 e. The van der Waals surface area contributed by atoms with Gasteiger partial charge in [0.1, 0.15) is 29.3 Å². The Labute approximate surface area is 161 Å². The van der Waals surface area contributed by atoms with Crippen molar-refractivity contribution in [3.8, 4) is 5.75 Å². The number of nitrogens with one attached hydrogen (secondary N) is 1. The number of rotatable bonds is 5. The van der Waals surface area contributed by atoms with Crippen LogP contribution in [0.4, 0.5) is 13.2 Å². The normalized spacial score (nSPS) is 18.6. The lowest BCUT2D eigenvalue weighted by Gasteiger charge is -2.36. The number of benzene rings is 2. The molecule has 3 nitrogen and oxygen atoms in total. The van der Waals surface area contributed by atoms with E-state index in [1.54, 1.807) is 24.5 Å². The van der Waals surface area contributed by atoms with E-state index in [2.05, 4.69) is 10.3 Å². The second-order valence-electron chi connectivity index (χ2n) is 6.52. The molecule has 0 aliphatic heterocycles. The van der Waals surface area contributed by atoms with Crippen LogP contribution in [0.3, 0.4) is 0 Å². The molecule has 2 aromatic carbocycles. The van der Waals surface area contributed by atoms with Crippen LogP contribution in [0.25, 0.3) is 10.8 Å². The summed E-state index contributed by atoms with van der Waals surface area (Å²) in [5.41, 5.74) is 0.612. The van der Waals surface area contributed by atoms with Gasteiger partial charge < -0.3 is 10.1 Å². The minimum Gasteiger partial charge on any atom is -0.490 e. The summed E-state index contributed by atoms with van der Waals surface area (Å²) >= 11 is 0. The maximum atomic E-state index is 14.2. The molecule has 4 rings (SSSR count). The molecule has 0 bridgehead atoms. The first-order valence-electron chi connectivity index (χ1n) is 8.46. The smallest absolute Gasteiger partial charge is 0.129 e. The average molecular weight is 395 g/mol. The summed E-state index contributed by atoms with van der Waals surface area (Å²) < 4.78 is 46.1. The highest BCUT2D eigenvalue weighted by Gasteiger charge is 2.31. The van der Waals surface area contributed by atoms with Gasteiger partial charge >= 0.3 is 0 Å². The second-order valence-corrected chi connectivity index (χ2v) is 6.52. The van der Waals surface area contributed by atoms with Crippen molar-refractivity contribution in [3.63, 3.8) is 0 Å². The van der Waals surface area contributed by atoms with E-state index in [0.29, 0.717) is 24.9 Å². The Morgan fingerprint density at radius 3 is 2.52 bits per heavy atom. The molecular formula is C20H18ClF3N2O. The molecule has 1 heterocycles. The van der Waals surface area contributed by atoms with Crippen LogP contribution in [0.15, 0.2) is 48.8 Å². The van der Waals surface area contributed by atoms with Crippen LogP contribution >= 0.6 is 12.4 Å². The molecule has 0 unspecified atom stereocenters. The average Bonchev–Trinajstić information content (AvgIpc) is 2.57. The molecule has 0 amide bonds. The van der Waals surface area contributed by atoms with E-state index >= 15 is 0 Å². The van der Waals surface area contributed by atoms with Gasteiger partial charge in [0.05, 0.1) is 0 Å². The molecule has 1 aromatic heterocycles. The minimum absolute atomic E-state index is 0. The standard InChI is InChI=1S/C20H17F3N2O.ClH/c21-13-5-14(22)7-16(6-13)26-17-8-15(9-17)25-11-19-18-3-4-24-10-12(18)1-2-20(19)23;/h1-7,10,15,17,25H,8-9,11H2;1H. The van der Waals surface area contributed by atoms with Gasteiger partial charge in [0.15, 0.2) is 0 Å². The first-order valence-corrected chi connectivity index (χ1v) is 8.46. The molecule has 142 valence electrons. The Balaban J connectivity index is 0.00000210. The van der Waals surface area contributed by atoms with Gasteiger partial charge in [-0.15, -0.1) is 12.4 Å². The van der Waals surface area contributed by atoms with Crippen LogP contribution in [-0.4, -0.2) is 17.1 Å². The van der Waals surface area contributed by atoms with Crippen molar-refractivity contribution in [1.82, 2.24) is 10.3 Å². The van der Waals surface area contributed by atoms with E-state index in [4.69, 9.17) is 4.74 Å². The number of hydrogen-bond donors (Lipinski definition) is 1. The van der Waals surface area contributed by atoms with E-state index in [9.17, 15) is 13.2 Å². The molecule has 0 atom stereocenters. The first-order chi connectivity index (χ1) is 12.6. The van der Waals surface area contributed by atoms with Gasteiger partial charge in [-0.05, 0) is 36.4 Å². The fourth-order valence-corrected chi connectivity index (χ4v) is 3.25. The number of pyridine rings is 1. The Hall–Kier alpha value is -2.31. The van der Waals surface area contributed by atoms with Crippen molar-refractivity contribution in [2.45, 2.75) is 31.5 Å². The third-order valence-electron chi connectivity index (χ3n) is 4.68. The summed E-state index contributed by atoms with van der Waals surface area (Å²) in [5.74, 6) is -1.37. The lowest BCUT2D eigenvalue weighted by atomic mass is 9.89. The monoisotopic (exact) mass is 394 g/mol. The molecular weight excluding hydrogens is 377 g/mol. The van der Waals surface area contributed by atoms with Crippen molar-refractivity contribution < 1.29 is 17.9 Å². The summed E-state index contributed by atoms with van der Waals surface area (Å²) in [7, 11) is 0. The predicted octanol–water partition coefficient (Wildman–Crippen LogP) is 4.77. The molecule has 1 fully saturated rings. The number of halogens is 4. The van der Waals surface area contributed by atoms with Gasteiger partial charge in [0.25, 0.3) is 0 Å². The van der Waals surface area contributed by atoms with Gasteiger partial charge in [-0.3, -0.25) is 4.98 Å². The lowest BCUT2D eigenvalue weighted by molar-refractivity contribution is 0.0836. The quantitative estimate of drug-likeness (QED) is 0.676. The highest BCUT2D eigenvalue weighted by molar-refractivity contribution is 5.85. The Bertz CT molecular complexity index is 927. The number of hydrogen-bond acceptors (Lipinski definition) is 3. The van der Waals surface area contributed by atoms with E-state index < -0.39 is 11.6 Å². The largest absolute Gasteiger partial charge is 0.490 e. The summed E-state index contributed by atoms with van der Waals surface area (Å²) in [4.78, 5) is 4.06. The van der Waals surface area contributed by atoms with Crippen molar-refractivity contribution in [2.24, 2.45) is 0 Å². The molecule has 0 radical (unpaired) electrons. The van der Waals surface area contributed by atoms with Crippen LogP contribution in [0.5, 0.6) is 5.75 Å². The van der Waals surface area contributed by atoms with E-state index in [-0.39, 0.29) is 36.1 Å². The number of ether oxygens (including phenoxy) is 1. The zero-order chi connectivity index (χ0) is 18.1. The molecule has 0 saturated heterocycles. The summed E-state index contributed by atoms with van der Waals surface area (Å²) in [6.45, 7) is 0.402. The summed E-state index contributed by atoms with van der Waals surface area (Å²) in [6.07, 6.45) is 4.66. The molecule has 3 aromatic rings.